The van der Waals surface area contributed by atoms with E-state index in [-0.39, 0.29) is 53.2 Å². The van der Waals surface area contributed by atoms with Crippen LogP contribution in [0.25, 0.3) is 0 Å². The van der Waals surface area contributed by atoms with Gasteiger partial charge < -0.3 is 19.4 Å². The zero-order valence-corrected chi connectivity index (χ0v) is 22.2. The van der Waals surface area contributed by atoms with Gasteiger partial charge in [-0.25, -0.2) is 4.79 Å². The molecule has 7 nitrogen and oxygen atoms in total. The number of aliphatic carboxylic acids is 1. The van der Waals surface area contributed by atoms with E-state index in [0.717, 1.165) is 63.4 Å². The molecule has 0 radical (unpaired) electrons. The van der Waals surface area contributed by atoms with Crippen molar-refractivity contribution in [1.82, 2.24) is 0 Å². The van der Waals surface area contributed by atoms with E-state index in [1.165, 1.54) is 6.07 Å². The third-order valence-electron chi connectivity index (χ3n) is 11.2. The van der Waals surface area contributed by atoms with Crippen LogP contribution in [0.15, 0.2) is 27.6 Å². The third kappa shape index (κ3) is 4.55. The molecule has 0 spiro atoms. The fourth-order valence-corrected chi connectivity index (χ4v) is 9.18. The summed E-state index contributed by atoms with van der Waals surface area (Å²) in [7, 11) is 0. The summed E-state index contributed by atoms with van der Waals surface area (Å²) in [6.45, 7) is 4.68. The van der Waals surface area contributed by atoms with Gasteiger partial charge in [-0.15, -0.1) is 0 Å². The van der Waals surface area contributed by atoms with Crippen molar-refractivity contribution >= 4 is 11.9 Å². The van der Waals surface area contributed by atoms with Gasteiger partial charge in [-0.3, -0.25) is 9.59 Å². The van der Waals surface area contributed by atoms with Crippen LogP contribution in [0.1, 0.15) is 109 Å². The summed E-state index contributed by atoms with van der Waals surface area (Å²) in [6, 6.07) is 3.38. The molecule has 4 fully saturated rings. The molecule has 1 aromatic rings. The number of carbonyl (C=O) groups is 2. The van der Waals surface area contributed by atoms with Gasteiger partial charge in [0.05, 0.1) is 11.9 Å². The minimum absolute atomic E-state index is 0.0536. The highest BCUT2D eigenvalue weighted by atomic mass is 16.5. The lowest BCUT2D eigenvalue weighted by atomic mass is 9.43. The van der Waals surface area contributed by atoms with Crippen molar-refractivity contribution in [1.29, 1.82) is 0 Å². The molecule has 2 N–H and O–H groups in total. The number of unbranched alkanes of at least 4 members (excludes halogenated alkanes) is 1. The average molecular weight is 515 g/mol. The Morgan fingerprint density at radius 2 is 1.78 bits per heavy atom. The highest BCUT2D eigenvalue weighted by molar-refractivity contribution is 5.70. The molecule has 8 unspecified atom stereocenters. The van der Waals surface area contributed by atoms with Gasteiger partial charge >= 0.3 is 17.6 Å². The Labute approximate surface area is 219 Å². The van der Waals surface area contributed by atoms with E-state index in [1.807, 2.05) is 6.07 Å². The fourth-order valence-electron chi connectivity index (χ4n) is 9.18. The Balaban J connectivity index is 1.24. The minimum Gasteiger partial charge on any atom is -0.481 e. The number of rotatable bonds is 7. The molecule has 204 valence electrons. The summed E-state index contributed by atoms with van der Waals surface area (Å²) >= 11 is 0. The van der Waals surface area contributed by atoms with Crippen LogP contribution >= 0.6 is 0 Å². The fraction of sp³-hybridized carbons (Fsp3) is 0.767. The van der Waals surface area contributed by atoms with Crippen LogP contribution < -0.4 is 5.63 Å². The number of carbonyl (C=O) groups excluding carboxylic acids is 1. The molecule has 4 saturated carbocycles. The van der Waals surface area contributed by atoms with Gasteiger partial charge in [0, 0.05) is 24.3 Å². The van der Waals surface area contributed by atoms with Crippen molar-refractivity contribution in [2.24, 2.45) is 28.6 Å². The Bertz CT molecular complexity index is 1060. The molecule has 8 atom stereocenters. The zero-order valence-electron chi connectivity index (χ0n) is 22.2. The van der Waals surface area contributed by atoms with Crippen LogP contribution in [0.2, 0.25) is 0 Å². The lowest BCUT2D eigenvalue weighted by Gasteiger charge is -2.63. The second-order valence-corrected chi connectivity index (χ2v) is 12.8. The van der Waals surface area contributed by atoms with Gasteiger partial charge in [0.1, 0.15) is 6.10 Å². The number of hydrogen-bond donors (Lipinski definition) is 2. The molecule has 37 heavy (non-hydrogen) atoms. The van der Waals surface area contributed by atoms with Gasteiger partial charge in [0.2, 0.25) is 0 Å². The topological polar surface area (TPSA) is 114 Å². The van der Waals surface area contributed by atoms with Crippen molar-refractivity contribution in [3.05, 3.63) is 34.4 Å². The quantitative estimate of drug-likeness (QED) is 0.368. The highest BCUT2D eigenvalue weighted by Crippen LogP contribution is 2.70. The normalized spacial score (nSPS) is 40.8. The molecule has 7 heteroatoms. The number of fused-ring (bicyclic) bond motifs is 5. The smallest absolute Gasteiger partial charge is 0.335 e. The molecule has 0 bridgehead atoms. The van der Waals surface area contributed by atoms with E-state index in [4.69, 9.17) is 14.3 Å². The van der Waals surface area contributed by atoms with Crippen LogP contribution in [0.5, 0.6) is 0 Å². The van der Waals surface area contributed by atoms with Crippen molar-refractivity contribution < 1.29 is 29.0 Å². The summed E-state index contributed by atoms with van der Waals surface area (Å²) in [4.78, 5) is 34.6. The molecule has 1 aromatic heterocycles. The van der Waals surface area contributed by atoms with Crippen LogP contribution in [-0.2, 0) is 14.3 Å². The lowest BCUT2D eigenvalue weighted by molar-refractivity contribution is -0.207. The molecule has 4 aliphatic carbocycles. The van der Waals surface area contributed by atoms with Crippen LogP contribution in [0.3, 0.4) is 0 Å². The van der Waals surface area contributed by atoms with Gasteiger partial charge in [0.25, 0.3) is 0 Å². The molecular weight excluding hydrogens is 472 g/mol. The predicted molar refractivity (Wildman–Crippen MR) is 137 cm³/mol. The lowest BCUT2D eigenvalue weighted by Crippen LogP contribution is -2.62. The second kappa shape index (κ2) is 9.87. The maximum Gasteiger partial charge on any atom is 0.335 e. The van der Waals surface area contributed by atoms with E-state index in [9.17, 15) is 19.5 Å². The largest absolute Gasteiger partial charge is 0.481 e. The second-order valence-electron chi connectivity index (χ2n) is 12.8. The van der Waals surface area contributed by atoms with Crippen molar-refractivity contribution in [3.63, 3.8) is 0 Å². The molecule has 0 amide bonds. The third-order valence-corrected chi connectivity index (χ3v) is 11.2. The first-order valence-electron chi connectivity index (χ1n) is 14.3. The monoisotopic (exact) mass is 514 g/mol. The Kier molecular flexibility index (Phi) is 7.05. The molecule has 4 aliphatic rings. The number of hydrogen-bond acceptors (Lipinski definition) is 6. The summed E-state index contributed by atoms with van der Waals surface area (Å²) in [5.41, 5.74) is -0.116. The maximum absolute atomic E-state index is 12.4. The van der Waals surface area contributed by atoms with Crippen molar-refractivity contribution in [3.8, 4) is 0 Å². The van der Waals surface area contributed by atoms with Crippen LogP contribution in [0.4, 0.5) is 0 Å². The van der Waals surface area contributed by atoms with E-state index in [1.54, 1.807) is 6.26 Å². The Morgan fingerprint density at radius 3 is 2.51 bits per heavy atom. The number of carboxylic acid groups (broad SMARTS) is 1. The molecule has 5 rings (SSSR count). The summed E-state index contributed by atoms with van der Waals surface area (Å²) in [5, 5.41) is 21.1. The van der Waals surface area contributed by atoms with Gasteiger partial charge in [-0.1, -0.05) is 13.8 Å². The Hall–Kier alpha value is -2.15. The van der Waals surface area contributed by atoms with E-state index in [2.05, 4.69) is 13.8 Å². The van der Waals surface area contributed by atoms with Crippen molar-refractivity contribution in [2.75, 3.05) is 0 Å². The van der Waals surface area contributed by atoms with Crippen LogP contribution in [-0.4, -0.2) is 33.9 Å². The zero-order chi connectivity index (χ0) is 26.4. The van der Waals surface area contributed by atoms with Gasteiger partial charge in [-0.05, 0) is 111 Å². The van der Waals surface area contributed by atoms with Crippen molar-refractivity contribution in [2.45, 2.75) is 115 Å². The summed E-state index contributed by atoms with van der Waals surface area (Å²) in [5.74, 6) is 0.375. The van der Waals surface area contributed by atoms with E-state index >= 15 is 0 Å². The average Bonchev–Trinajstić information content (AvgIpc) is 3.14. The standard InChI is InChI=1S/C30H42O7/c1-28-14-11-21(37-27(34)6-4-3-5-25(31)32)17-20(28)8-9-24-23(28)12-15-29(2)22(13-16-30(24,29)35)19-7-10-26(33)36-18-19/h7,10,18,20-24,35H,3-6,8-9,11-17H2,1-2H3,(H,31,32). The minimum atomic E-state index is -0.829. The predicted octanol–water partition coefficient (Wildman–Crippen LogP) is 5.44. The number of esters is 1. The Morgan fingerprint density at radius 1 is 1.00 bits per heavy atom. The first-order valence-corrected chi connectivity index (χ1v) is 14.3. The molecule has 1 heterocycles. The summed E-state index contributed by atoms with van der Waals surface area (Å²) in [6.07, 6.45) is 11.5. The highest BCUT2D eigenvalue weighted by Gasteiger charge is 2.67. The molecule has 0 saturated heterocycles. The number of aliphatic hydroxyl groups is 1. The van der Waals surface area contributed by atoms with E-state index < -0.39 is 11.6 Å². The molecule has 0 aromatic carbocycles. The number of ether oxygens (including phenoxy) is 1. The summed E-state index contributed by atoms with van der Waals surface area (Å²) < 4.78 is 11.0. The molecule has 0 aliphatic heterocycles. The molecular formula is C30H42O7. The maximum atomic E-state index is 12.4. The van der Waals surface area contributed by atoms with E-state index in [0.29, 0.717) is 24.7 Å². The SMILES string of the molecule is CC12CCC(OC(=O)CCCCC(=O)O)CC1CCC1C2CCC2(C)C(c3ccc(=O)oc3)CCC12O. The first-order chi connectivity index (χ1) is 17.6. The van der Waals surface area contributed by atoms with Crippen LogP contribution in [0, 0.1) is 28.6 Å². The van der Waals surface area contributed by atoms with Gasteiger partial charge in [-0.2, -0.15) is 0 Å². The van der Waals surface area contributed by atoms with Gasteiger partial charge in [0.15, 0.2) is 0 Å². The number of carboxylic acids is 1. The first kappa shape index (κ1) is 26.5.